The van der Waals surface area contributed by atoms with Crippen molar-refractivity contribution >= 4 is 23.5 Å². The van der Waals surface area contributed by atoms with Crippen LogP contribution in [-0.4, -0.2) is 53.7 Å². The standard InChI is InChI=1S/C24H32ClN5O2/c1-23(2)15-27-21(31)18-5-4-16(14-19(18)23)20-8-11-26-22(30-20)29-17-6-9-24(25,10-7-17)28-12-13-32-3/h4-5,8,11,14,17,28H,6-7,9-10,12-13,15H2,1-3H3,(H,27,31)(H,26,29,30). The number of nitrogens with zero attached hydrogens (tertiary/aromatic N) is 2. The number of amides is 1. The molecule has 0 saturated heterocycles. The number of benzene rings is 1. The van der Waals surface area contributed by atoms with Crippen LogP contribution in [0.2, 0.25) is 0 Å². The minimum atomic E-state index is -0.359. The molecule has 1 saturated carbocycles. The number of halogens is 1. The number of aromatic nitrogens is 2. The van der Waals surface area contributed by atoms with Crippen LogP contribution in [0.15, 0.2) is 30.5 Å². The number of fused-ring (bicyclic) bond motifs is 1. The van der Waals surface area contributed by atoms with Crippen molar-refractivity contribution in [1.82, 2.24) is 20.6 Å². The van der Waals surface area contributed by atoms with E-state index in [1.165, 1.54) is 0 Å². The molecule has 2 aromatic rings. The van der Waals surface area contributed by atoms with E-state index in [9.17, 15) is 4.79 Å². The molecule has 1 aliphatic heterocycles. The quantitative estimate of drug-likeness (QED) is 0.334. The van der Waals surface area contributed by atoms with Crippen molar-refractivity contribution in [1.29, 1.82) is 0 Å². The Hall–Kier alpha value is -2.22. The van der Waals surface area contributed by atoms with Gasteiger partial charge < -0.3 is 15.4 Å². The third-order valence-corrected chi connectivity index (χ3v) is 7.01. The van der Waals surface area contributed by atoms with E-state index in [4.69, 9.17) is 21.3 Å². The molecule has 1 fully saturated rings. The summed E-state index contributed by atoms with van der Waals surface area (Å²) in [6.07, 6.45) is 5.41. The predicted molar refractivity (Wildman–Crippen MR) is 127 cm³/mol. The first-order valence-electron chi connectivity index (χ1n) is 11.3. The molecular formula is C24H32ClN5O2. The lowest BCUT2D eigenvalue weighted by molar-refractivity contribution is 0.0930. The molecule has 2 aliphatic rings. The van der Waals surface area contributed by atoms with Crippen LogP contribution in [-0.2, 0) is 10.2 Å². The first-order valence-corrected chi connectivity index (χ1v) is 11.6. The smallest absolute Gasteiger partial charge is 0.251 e. The zero-order valence-electron chi connectivity index (χ0n) is 19.0. The average molecular weight is 458 g/mol. The molecule has 0 spiro atoms. The van der Waals surface area contributed by atoms with E-state index in [0.717, 1.165) is 54.6 Å². The number of carbonyl (C=O) groups excluding carboxylic acids is 1. The summed E-state index contributed by atoms with van der Waals surface area (Å²) in [6.45, 7) is 6.32. The molecule has 8 heteroatoms. The summed E-state index contributed by atoms with van der Waals surface area (Å²) in [4.78, 5) is 21.1. The highest BCUT2D eigenvalue weighted by Gasteiger charge is 2.33. The van der Waals surface area contributed by atoms with Crippen LogP contribution < -0.4 is 16.0 Å². The Bertz CT molecular complexity index is 973. The van der Waals surface area contributed by atoms with Crippen molar-refractivity contribution in [3.63, 3.8) is 0 Å². The number of alkyl halides is 1. The third kappa shape index (κ3) is 5.05. The van der Waals surface area contributed by atoms with Gasteiger partial charge in [0.2, 0.25) is 5.95 Å². The van der Waals surface area contributed by atoms with E-state index in [1.807, 2.05) is 18.2 Å². The van der Waals surface area contributed by atoms with Crippen LogP contribution in [0, 0.1) is 0 Å². The SMILES string of the molecule is COCCNC1(Cl)CCC(Nc2nccc(-c3ccc4c(c3)C(C)(C)CNC4=O)n2)CC1. The zero-order valence-corrected chi connectivity index (χ0v) is 19.8. The Labute approximate surface area is 194 Å². The van der Waals surface area contributed by atoms with Crippen molar-refractivity contribution in [3.8, 4) is 11.3 Å². The van der Waals surface area contributed by atoms with E-state index in [1.54, 1.807) is 13.3 Å². The fraction of sp³-hybridized carbons (Fsp3) is 0.542. The van der Waals surface area contributed by atoms with Gasteiger partial charge in [0.1, 0.15) is 0 Å². The van der Waals surface area contributed by atoms with Gasteiger partial charge in [-0.15, -0.1) is 11.6 Å². The maximum Gasteiger partial charge on any atom is 0.251 e. The molecule has 7 nitrogen and oxygen atoms in total. The van der Waals surface area contributed by atoms with Crippen LogP contribution in [0.4, 0.5) is 5.95 Å². The fourth-order valence-electron chi connectivity index (χ4n) is 4.50. The van der Waals surface area contributed by atoms with Gasteiger partial charge in [-0.1, -0.05) is 19.9 Å². The van der Waals surface area contributed by atoms with Gasteiger partial charge >= 0.3 is 0 Å². The summed E-state index contributed by atoms with van der Waals surface area (Å²) in [5.41, 5.74) is 3.50. The van der Waals surface area contributed by atoms with Crippen molar-refractivity contribution < 1.29 is 9.53 Å². The lowest BCUT2D eigenvalue weighted by Crippen LogP contribution is -2.46. The minimum absolute atomic E-state index is 0.0136. The molecule has 0 bridgehead atoms. The second-order valence-corrected chi connectivity index (χ2v) is 10.1. The molecule has 2 heterocycles. The Morgan fingerprint density at radius 3 is 2.78 bits per heavy atom. The van der Waals surface area contributed by atoms with Crippen molar-refractivity contribution in [2.75, 3.05) is 32.1 Å². The molecule has 1 aromatic carbocycles. The number of nitrogens with one attached hydrogen (secondary N) is 3. The number of methoxy groups -OCH3 is 1. The summed E-state index contributed by atoms with van der Waals surface area (Å²) in [7, 11) is 1.69. The highest BCUT2D eigenvalue weighted by molar-refractivity contribution is 6.23. The summed E-state index contributed by atoms with van der Waals surface area (Å²) < 4.78 is 5.10. The highest BCUT2D eigenvalue weighted by Crippen LogP contribution is 2.34. The fourth-order valence-corrected chi connectivity index (χ4v) is 4.81. The predicted octanol–water partition coefficient (Wildman–Crippen LogP) is 3.69. The average Bonchev–Trinajstić information content (AvgIpc) is 2.79. The molecule has 172 valence electrons. The van der Waals surface area contributed by atoms with E-state index < -0.39 is 0 Å². The molecular weight excluding hydrogens is 426 g/mol. The van der Waals surface area contributed by atoms with Gasteiger partial charge in [-0.05, 0) is 49.4 Å². The van der Waals surface area contributed by atoms with Gasteiger partial charge in [-0.25, -0.2) is 9.97 Å². The molecule has 1 aliphatic carbocycles. The van der Waals surface area contributed by atoms with Crippen molar-refractivity contribution in [2.24, 2.45) is 0 Å². The number of ether oxygens (including phenoxy) is 1. The number of rotatable bonds is 7. The monoisotopic (exact) mass is 457 g/mol. The summed E-state index contributed by atoms with van der Waals surface area (Å²) in [5, 5.41) is 9.85. The first kappa shape index (κ1) is 23.0. The van der Waals surface area contributed by atoms with E-state index >= 15 is 0 Å². The lowest BCUT2D eigenvalue weighted by Gasteiger charge is -2.36. The zero-order chi connectivity index (χ0) is 22.8. The van der Waals surface area contributed by atoms with Crippen LogP contribution in [0.1, 0.15) is 55.5 Å². The van der Waals surface area contributed by atoms with Gasteiger partial charge in [0.25, 0.3) is 5.91 Å². The molecule has 0 unspecified atom stereocenters. The van der Waals surface area contributed by atoms with E-state index in [0.29, 0.717) is 19.1 Å². The van der Waals surface area contributed by atoms with Crippen molar-refractivity contribution in [2.45, 2.75) is 56.0 Å². The topological polar surface area (TPSA) is 88.2 Å². The highest BCUT2D eigenvalue weighted by atomic mass is 35.5. The molecule has 3 N–H and O–H groups in total. The van der Waals surface area contributed by atoms with Crippen LogP contribution in [0.5, 0.6) is 0 Å². The Morgan fingerprint density at radius 2 is 2.03 bits per heavy atom. The van der Waals surface area contributed by atoms with Gasteiger partial charge in [0.05, 0.1) is 17.3 Å². The van der Waals surface area contributed by atoms with Gasteiger partial charge in [0, 0.05) is 49.0 Å². The summed E-state index contributed by atoms with van der Waals surface area (Å²) in [6, 6.07) is 8.14. The van der Waals surface area contributed by atoms with E-state index in [-0.39, 0.29) is 22.4 Å². The second kappa shape index (κ2) is 9.33. The molecule has 32 heavy (non-hydrogen) atoms. The van der Waals surface area contributed by atoms with Crippen molar-refractivity contribution in [3.05, 3.63) is 41.6 Å². The Kier molecular flexibility index (Phi) is 6.70. The normalized spacial score (nSPS) is 24.5. The number of hydrogen-bond donors (Lipinski definition) is 3. The maximum absolute atomic E-state index is 12.2. The summed E-state index contributed by atoms with van der Waals surface area (Å²) in [5.74, 6) is 0.608. The first-order chi connectivity index (χ1) is 15.3. The van der Waals surface area contributed by atoms with Crippen LogP contribution in [0.3, 0.4) is 0 Å². The number of carbonyl (C=O) groups is 1. The lowest BCUT2D eigenvalue weighted by atomic mass is 9.78. The second-order valence-electron chi connectivity index (χ2n) is 9.40. The van der Waals surface area contributed by atoms with Crippen LogP contribution in [0.25, 0.3) is 11.3 Å². The molecule has 1 aromatic heterocycles. The largest absolute Gasteiger partial charge is 0.383 e. The molecule has 4 rings (SSSR count). The summed E-state index contributed by atoms with van der Waals surface area (Å²) >= 11 is 6.72. The molecule has 0 atom stereocenters. The van der Waals surface area contributed by atoms with Gasteiger partial charge in [0.15, 0.2) is 0 Å². The van der Waals surface area contributed by atoms with Gasteiger partial charge in [-0.3, -0.25) is 10.1 Å². The third-order valence-electron chi connectivity index (χ3n) is 6.49. The molecule has 1 amide bonds. The van der Waals surface area contributed by atoms with E-state index in [2.05, 4.69) is 40.8 Å². The minimum Gasteiger partial charge on any atom is -0.383 e. The Morgan fingerprint density at radius 1 is 1.25 bits per heavy atom. The number of anilines is 1. The molecule has 0 radical (unpaired) electrons. The maximum atomic E-state index is 12.2. The number of hydrogen-bond acceptors (Lipinski definition) is 6. The van der Waals surface area contributed by atoms with Crippen LogP contribution >= 0.6 is 11.6 Å². The Balaban J connectivity index is 1.45. The van der Waals surface area contributed by atoms with Gasteiger partial charge in [-0.2, -0.15) is 0 Å².